The Bertz CT molecular complexity index is 813. The predicted octanol–water partition coefficient (Wildman–Crippen LogP) is 2.14. The van der Waals surface area contributed by atoms with Crippen molar-refractivity contribution in [1.82, 2.24) is 10.0 Å². The van der Waals surface area contributed by atoms with Crippen molar-refractivity contribution in [1.29, 1.82) is 0 Å². The molecule has 0 radical (unpaired) electrons. The molecule has 1 amide bonds. The van der Waals surface area contributed by atoms with Crippen LogP contribution in [0.5, 0.6) is 0 Å². The van der Waals surface area contributed by atoms with Crippen molar-refractivity contribution >= 4 is 27.3 Å². The molecule has 0 bridgehead atoms. The summed E-state index contributed by atoms with van der Waals surface area (Å²) in [6.45, 7) is 1.46. The molecule has 0 aliphatic carbocycles. The molecular formula is C17H20N2O4S2. The second kappa shape index (κ2) is 8.09. The SMILES string of the molecule is O=C(NCc1cccs1)c1cccc(S(=O)(=O)N[C@H]2CCCOC2)c1. The van der Waals surface area contributed by atoms with Crippen LogP contribution in [0.15, 0.2) is 46.7 Å². The fourth-order valence-corrected chi connectivity index (χ4v) is 4.55. The lowest BCUT2D eigenvalue weighted by molar-refractivity contribution is 0.0774. The van der Waals surface area contributed by atoms with Crippen molar-refractivity contribution in [2.75, 3.05) is 13.2 Å². The van der Waals surface area contributed by atoms with Gasteiger partial charge in [0, 0.05) is 23.1 Å². The molecule has 8 heteroatoms. The molecule has 2 N–H and O–H groups in total. The Morgan fingerprint density at radius 1 is 1.28 bits per heavy atom. The third-order valence-electron chi connectivity index (χ3n) is 3.89. The first-order chi connectivity index (χ1) is 12.0. The fraction of sp³-hybridized carbons (Fsp3) is 0.353. The molecule has 0 saturated carbocycles. The molecule has 1 atom stereocenters. The second-order valence-corrected chi connectivity index (χ2v) is 8.57. The van der Waals surface area contributed by atoms with Crippen molar-refractivity contribution < 1.29 is 17.9 Å². The molecule has 3 rings (SSSR count). The Labute approximate surface area is 151 Å². The molecule has 0 unspecified atom stereocenters. The van der Waals surface area contributed by atoms with Crippen LogP contribution in [0.1, 0.15) is 28.1 Å². The highest BCUT2D eigenvalue weighted by molar-refractivity contribution is 7.89. The lowest BCUT2D eigenvalue weighted by Crippen LogP contribution is -2.40. The van der Waals surface area contributed by atoms with Gasteiger partial charge in [-0.15, -0.1) is 11.3 Å². The minimum absolute atomic E-state index is 0.0850. The van der Waals surface area contributed by atoms with Gasteiger partial charge in [0.25, 0.3) is 5.91 Å². The van der Waals surface area contributed by atoms with Gasteiger partial charge >= 0.3 is 0 Å². The van der Waals surface area contributed by atoms with Crippen molar-refractivity contribution in [3.05, 3.63) is 52.2 Å². The first-order valence-corrected chi connectivity index (χ1v) is 10.4. The molecule has 1 aromatic heterocycles. The number of sulfonamides is 1. The molecular weight excluding hydrogens is 360 g/mol. The summed E-state index contributed by atoms with van der Waals surface area (Å²) in [5, 5.41) is 4.74. The van der Waals surface area contributed by atoms with Gasteiger partial charge in [0.1, 0.15) is 0 Å². The van der Waals surface area contributed by atoms with E-state index < -0.39 is 10.0 Å². The molecule has 0 spiro atoms. The van der Waals surface area contributed by atoms with Crippen LogP contribution in [-0.2, 0) is 21.3 Å². The van der Waals surface area contributed by atoms with E-state index in [0.717, 1.165) is 17.7 Å². The molecule has 134 valence electrons. The molecule has 6 nitrogen and oxygen atoms in total. The molecule has 1 saturated heterocycles. The number of hydrogen-bond donors (Lipinski definition) is 2. The Balaban J connectivity index is 1.68. The van der Waals surface area contributed by atoms with Crippen LogP contribution < -0.4 is 10.0 Å². The minimum atomic E-state index is -3.68. The van der Waals surface area contributed by atoms with Gasteiger partial charge in [-0.25, -0.2) is 13.1 Å². The van der Waals surface area contributed by atoms with Crippen LogP contribution in [0, 0.1) is 0 Å². The van der Waals surface area contributed by atoms with Crippen LogP contribution in [0.4, 0.5) is 0 Å². The number of ether oxygens (including phenoxy) is 1. The fourth-order valence-electron chi connectivity index (χ4n) is 2.61. The van der Waals surface area contributed by atoms with E-state index in [1.807, 2.05) is 17.5 Å². The summed E-state index contributed by atoms with van der Waals surface area (Å²) in [5.74, 6) is -0.300. The van der Waals surface area contributed by atoms with Gasteiger partial charge < -0.3 is 10.1 Å². The average Bonchev–Trinajstić information content (AvgIpc) is 3.14. The first kappa shape index (κ1) is 18.1. The summed E-state index contributed by atoms with van der Waals surface area (Å²) in [5.41, 5.74) is 0.319. The van der Waals surface area contributed by atoms with E-state index in [4.69, 9.17) is 4.74 Å². The number of hydrogen-bond acceptors (Lipinski definition) is 5. The van der Waals surface area contributed by atoms with E-state index in [1.165, 1.54) is 12.1 Å². The lowest BCUT2D eigenvalue weighted by Gasteiger charge is -2.23. The van der Waals surface area contributed by atoms with E-state index in [2.05, 4.69) is 10.0 Å². The number of carbonyl (C=O) groups is 1. The Morgan fingerprint density at radius 2 is 2.16 bits per heavy atom. The zero-order valence-corrected chi connectivity index (χ0v) is 15.2. The van der Waals surface area contributed by atoms with E-state index >= 15 is 0 Å². The molecule has 1 aliphatic rings. The van der Waals surface area contributed by atoms with Crippen LogP contribution in [0.3, 0.4) is 0 Å². The van der Waals surface area contributed by atoms with Gasteiger partial charge in [0.2, 0.25) is 10.0 Å². The third-order valence-corrected chi connectivity index (χ3v) is 6.29. The van der Waals surface area contributed by atoms with Crippen molar-refractivity contribution in [3.8, 4) is 0 Å². The topological polar surface area (TPSA) is 84.5 Å². The van der Waals surface area contributed by atoms with Gasteiger partial charge in [-0.1, -0.05) is 12.1 Å². The third kappa shape index (κ3) is 4.88. The zero-order chi connectivity index (χ0) is 17.7. The predicted molar refractivity (Wildman–Crippen MR) is 96.1 cm³/mol. The molecule has 25 heavy (non-hydrogen) atoms. The summed E-state index contributed by atoms with van der Waals surface area (Å²) >= 11 is 1.55. The quantitative estimate of drug-likeness (QED) is 0.804. The van der Waals surface area contributed by atoms with Gasteiger partial charge in [0.15, 0.2) is 0 Å². The maximum Gasteiger partial charge on any atom is 0.251 e. The lowest BCUT2D eigenvalue weighted by atomic mass is 10.1. The zero-order valence-electron chi connectivity index (χ0n) is 13.6. The smallest absolute Gasteiger partial charge is 0.251 e. The Kier molecular flexibility index (Phi) is 5.85. The standard InChI is InChI=1S/C17H20N2O4S2/c20-17(18-11-15-6-3-9-24-15)13-4-1-7-16(10-13)25(21,22)19-14-5-2-8-23-12-14/h1,3-4,6-7,9-10,14,19H,2,5,8,11-12H2,(H,18,20)/t14-/m0/s1. The van der Waals surface area contributed by atoms with Gasteiger partial charge in [-0.2, -0.15) is 0 Å². The molecule has 1 aromatic carbocycles. The number of amides is 1. The Morgan fingerprint density at radius 3 is 2.88 bits per heavy atom. The van der Waals surface area contributed by atoms with Crippen molar-refractivity contribution in [2.24, 2.45) is 0 Å². The highest BCUT2D eigenvalue weighted by Crippen LogP contribution is 2.15. The number of rotatable bonds is 6. The summed E-state index contributed by atoms with van der Waals surface area (Å²) in [7, 11) is -3.68. The summed E-state index contributed by atoms with van der Waals surface area (Å²) in [6, 6.07) is 9.69. The molecule has 1 fully saturated rings. The van der Waals surface area contributed by atoms with Crippen molar-refractivity contribution in [3.63, 3.8) is 0 Å². The van der Waals surface area contributed by atoms with Gasteiger partial charge in [-0.3, -0.25) is 4.79 Å². The van der Waals surface area contributed by atoms with Crippen LogP contribution in [0.25, 0.3) is 0 Å². The molecule has 2 aromatic rings. The average molecular weight is 380 g/mol. The van der Waals surface area contributed by atoms with Crippen LogP contribution in [-0.4, -0.2) is 33.6 Å². The van der Waals surface area contributed by atoms with Crippen LogP contribution in [0.2, 0.25) is 0 Å². The number of benzene rings is 1. The maximum atomic E-state index is 12.5. The van der Waals surface area contributed by atoms with Gasteiger partial charge in [0.05, 0.1) is 18.0 Å². The summed E-state index contributed by atoms with van der Waals surface area (Å²) in [4.78, 5) is 13.4. The summed E-state index contributed by atoms with van der Waals surface area (Å²) in [6.07, 6.45) is 1.58. The van der Waals surface area contributed by atoms with Crippen molar-refractivity contribution in [2.45, 2.75) is 30.3 Å². The minimum Gasteiger partial charge on any atom is -0.380 e. The number of thiophene rings is 1. The number of carbonyl (C=O) groups excluding carboxylic acids is 1. The highest BCUT2D eigenvalue weighted by atomic mass is 32.2. The normalized spacial score (nSPS) is 18.0. The molecule has 2 heterocycles. The molecule has 1 aliphatic heterocycles. The van der Waals surface area contributed by atoms with E-state index in [9.17, 15) is 13.2 Å². The summed E-state index contributed by atoms with van der Waals surface area (Å²) < 4.78 is 33.0. The first-order valence-electron chi connectivity index (χ1n) is 8.05. The largest absolute Gasteiger partial charge is 0.380 e. The number of nitrogens with one attached hydrogen (secondary N) is 2. The highest BCUT2D eigenvalue weighted by Gasteiger charge is 2.23. The van der Waals surface area contributed by atoms with Crippen LogP contribution >= 0.6 is 11.3 Å². The van der Waals surface area contributed by atoms with E-state index in [-0.39, 0.29) is 16.8 Å². The Hall–Kier alpha value is -1.74. The monoisotopic (exact) mass is 380 g/mol. The second-order valence-electron chi connectivity index (χ2n) is 5.83. The maximum absolute atomic E-state index is 12.5. The van der Waals surface area contributed by atoms with Gasteiger partial charge in [-0.05, 0) is 42.5 Å². The van der Waals surface area contributed by atoms with E-state index in [1.54, 1.807) is 23.5 Å². The van der Waals surface area contributed by atoms with E-state index in [0.29, 0.717) is 25.3 Å².